The molecule has 0 saturated carbocycles. The van der Waals surface area contributed by atoms with Gasteiger partial charge in [-0.2, -0.15) is 13.2 Å². The van der Waals surface area contributed by atoms with Gasteiger partial charge in [-0.1, -0.05) is 23.5 Å². The van der Waals surface area contributed by atoms with E-state index in [1.807, 2.05) is 0 Å². The molecule has 100 valence electrons. The van der Waals surface area contributed by atoms with E-state index >= 15 is 0 Å². The average molecular weight is 352 g/mol. The van der Waals surface area contributed by atoms with Gasteiger partial charge in [-0.3, -0.25) is 0 Å². The molecule has 1 aromatic heterocycles. The van der Waals surface area contributed by atoms with Gasteiger partial charge in [0.2, 0.25) is 0 Å². The fourth-order valence-corrected chi connectivity index (χ4v) is 2.77. The van der Waals surface area contributed by atoms with Gasteiger partial charge in [-0.05, 0) is 28.1 Å². The number of aromatic carboxylic acids is 1. The molecule has 3 nitrogen and oxygen atoms in total. The van der Waals surface area contributed by atoms with Gasteiger partial charge in [0.15, 0.2) is 3.92 Å². The maximum Gasteiger partial charge on any atom is 0.416 e. The van der Waals surface area contributed by atoms with Crippen molar-refractivity contribution >= 4 is 33.2 Å². The quantitative estimate of drug-likeness (QED) is 0.877. The lowest BCUT2D eigenvalue weighted by molar-refractivity contribution is -0.137. The van der Waals surface area contributed by atoms with Crippen molar-refractivity contribution in [3.63, 3.8) is 0 Å². The summed E-state index contributed by atoms with van der Waals surface area (Å²) >= 11 is 3.97. The van der Waals surface area contributed by atoms with Crippen LogP contribution < -0.4 is 0 Å². The number of hydrogen-bond donors (Lipinski definition) is 1. The third-order valence-corrected chi connectivity index (χ3v) is 3.78. The van der Waals surface area contributed by atoms with Crippen LogP contribution in [0.25, 0.3) is 11.3 Å². The summed E-state index contributed by atoms with van der Waals surface area (Å²) in [5, 5.41) is 8.99. The summed E-state index contributed by atoms with van der Waals surface area (Å²) < 4.78 is 37.6. The van der Waals surface area contributed by atoms with E-state index in [9.17, 15) is 18.0 Å². The van der Waals surface area contributed by atoms with Gasteiger partial charge in [0.05, 0.1) is 11.3 Å². The second-order valence-corrected chi connectivity index (χ2v) is 5.80. The number of alkyl halides is 3. The number of halogens is 4. The Bertz CT molecular complexity index is 622. The Balaban J connectivity index is 2.46. The van der Waals surface area contributed by atoms with Crippen LogP contribution in [0.4, 0.5) is 13.2 Å². The normalized spacial score (nSPS) is 11.6. The van der Waals surface area contributed by atoms with Crippen molar-refractivity contribution < 1.29 is 23.1 Å². The van der Waals surface area contributed by atoms with Crippen LogP contribution in [-0.2, 0) is 6.18 Å². The van der Waals surface area contributed by atoms with Crippen LogP contribution >= 0.6 is 27.3 Å². The molecule has 8 heteroatoms. The largest absolute Gasteiger partial charge is 0.477 e. The molecular formula is C11H5BrF3NO2S. The van der Waals surface area contributed by atoms with Crippen LogP contribution in [0.5, 0.6) is 0 Å². The number of rotatable bonds is 2. The van der Waals surface area contributed by atoms with Gasteiger partial charge in [0.25, 0.3) is 0 Å². The Hall–Kier alpha value is -1.41. The van der Waals surface area contributed by atoms with Crippen molar-refractivity contribution in [2.75, 3.05) is 0 Å². The Morgan fingerprint density at radius 1 is 1.26 bits per heavy atom. The van der Waals surface area contributed by atoms with Crippen LogP contribution in [-0.4, -0.2) is 16.1 Å². The molecular weight excluding hydrogens is 347 g/mol. The second kappa shape index (κ2) is 4.93. The number of carboxylic acids is 1. The molecule has 0 fully saturated rings. The van der Waals surface area contributed by atoms with E-state index in [-0.39, 0.29) is 10.6 Å². The van der Waals surface area contributed by atoms with Gasteiger partial charge in [0, 0.05) is 5.56 Å². The van der Waals surface area contributed by atoms with Gasteiger partial charge in [-0.15, -0.1) is 0 Å². The molecule has 0 saturated heterocycles. The molecule has 1 heterocycles. The molecule has 1 aromatic carbocycles. The maximum atomic E-state index is 12.4. The van der Waals surface area contributed by atoms with Crippen LogP contribution in [0.3, 0.4) is 0 Å². The lowest BCUT2D eigenvalue weighted by Gasteiger charge is -2.06. The van der Waals surface area contributed by atoms with Gasteiger partial charge in [-0.25, -0.2) is 9.78 Å². The monoisotopic (exact) mass is 351 g/mol. The Labute approximate surface area is 117 Å². The van der Waals surface area contributed by atoms with Gasteiger partial charge >= 0.3 is 12.1 Å². The van der Waals surface area contributed by atoms with E-state index in [1.165, 1.54) is 12.1 Å². The van der Waals surface area contributed by atoms with Crippen LogP contribution in [0.15, 0.2) is 28.2 Å². The first-order chi connectivity index (χ1) is 8.79. The number of thiazole rings is 1. The number of benzene rings is 1. The molecule has 0 radical (unpaired) electrons. The number of carbonyl (C=O) groups is 1. The summed E-state index contributed by atoms with van der Waals surface area (Å²) in [6.45, 7) is 0. The minimum atomic E-state index is -4.42. The third kappa shape index (κ3) is 2.95. The Morgan fingerprint density at radius 2 is 1.84 bits per heavy atom. The highest BCUT2D eigenvalue weighted by Gasteiger charge is 2.30. The Morgan fingerprint density at radius 3 is 2.32 bits per heavy atom. The van der Waals surface area contributed by atoms with E-state index in [0.717, 1.165) is 23.5 Å². The molecule has 2 rings (SSSR count). The number of nitrogens with zero attached hydrogens (tertiary/aromatic N) is 1. The molecule has 1 N–H and O–H groups in total. The van der Waals surface area contributed by atoms with E-state index in [1.54, 1.807) is 0 Å². The molecule has 19 heavy (non-hydrogen) atoms. The minimum Gasteiger partial charge on any atom is -0.477 e. The summed E-state index contributed by atoms with van der Waals surface area (Å²) in [4.78, 5) is 14.9. The average Bonchev–Trinajstić information content (AvgIpc) is 2.70. The van der Waals surface area contributed by atoms with E-state index < -0.39 is 17.7 Å². The smallest absolute Gasteiger partial charge is 0.416 e. The number of carboxylic acid groups (broad SMARTS) is 1. The van der Waals surface area contributed by atoms with E-state index in [2.05, 4.69) is 20.9 Å². The Kier molecular flexibility index (Phi) is 3.64. The predicted molar refractivity (Wildman–Crippen MR) is 67.2 cm³/mol. The molecule has 0 amide bonds. The highest BCUT2D eigenvalue weighted by molar-refractivity contribution is 9.11. The van der Waals surface area contributed by atoms with Crippen molar-refractivity contribution in [3.05, 3.63) is 38.6 Å². The molecule has 0 spiro atoms. The fraction of sp³-hybridized carbons (Fsp3) is 0.0909. The standard InChI is InChI=1S/C11H5BrF3NO2S/c12-10-16-7(8(19-10)9(17)18)5-1-3-6(4-2-5)11(13,14)15/h1-4H,(H,17,18). The van der Waals surface area contributed by atoms with Crippen molar-refractivity contribution in [2.45, 2.75) is 6.18 Å². The maximum absolute atomic E-state index is 12.4. The molecule has 0 atom stereocenters. The zero-order valence-corrected chi connectivity index (χ0v) is 11.4. The summed E-state index contributed by atoms with van der Waals surface area (Å²) in [6, 6.07) is 4.20. The van der Waals surface area contributed by atoms with Crippen molar-refractivity contribution in [1.82, 2.24) is 4.98 Å². The highest BCUT2D eigenvalue weighted by atomic mass is 79.9. The lowest BCUT2D eigenvalue weighted by Crippen LogP contribution is -2.04. The molecule has 0 aliphatic rings. The summed E-state index contributed by atoms with van der Waals surface area (Å²) in [7, 11) is 0. The van der Waals surface area contributed by atoms with Crippen LogP contribution in [0.1, 0.15) is 15.2 Å². The first-order valence-corrected chi connectivity index (χ1v) is 6.47. The molecule has 0 bridgehead atoms. The first kappa shape index (κ1) is 14.0. The number of hydrogen-bond acceptors (Lipinski definition) is 3. The SMILES string of the molecule is O=C(O)c1sc(Br)nc1-c1ccc(C(F)(F)F)cc1. The van der Waals surface area contributed by atoms with Crippen LogP contribution in [0.2, 0.25) is 0 Å². The molecule has 0 aliphatic carbocycles. The second-order valence-electron chi connectivity index (χ2n) is 3.52. The summed E-state index contributed by atoms with van der Waals surface area (Å²) in [6.07, 6.45) is -4.42. The van der Waals surface area contributed by atoms with E-state index in [0.29, 0.717) is 9.48 Å². The topological polar surface area (TPSA) is 50.2 Å². The third-order valence-electron chi connectivity index (χ3n) is 2.28. The minimum absolute atomic E-state index is 0.0216. The van der Waals surface area contributed by atoms with Gasteiger partial charge < -0.3 is 5.11 Å². The number of aromatic nitrogens is 1. The zero-order chi connectivity index (χ0) is 14.2. The van der Waals surface area contributed by atoms with Crippen LogP contribution in [0, 0.1) is 0 Å². The lowest BCUT2D eigenvalue weighted by atomic mass is 10.1. The predicted octanol–water partition coefficient (Wildman–Crippen LogP) is 4.29. The summed E-state index contributed by atoms with van der Waals surface area (Å²) in [5.74, 6) is -1.17. The van der Waals surface area contributed by atoms with E-state index in [4.69, 9.17) is 5.11 Å². The highest BCUT2D eigenvalue weighted by Crippen LogP contribution is 2.34. The molecule has 0 unspecified atom stereocenters. The fourth-order valence-electron chi connectivity index (χ4n) is 1.45. The molecule has 2 aromatic rings. The zero-order valence-electron chi connectivity index (χ0n) is 9.03. The molecule has 0 aliphatic heterocycles. The van der Waals surface area contributed by atoms with Gasteiger partial charge in [0.1, 0.15) is 4.88 Å². The van der Waals surface area contributed by atoms with Crippen molar-refractivity contribution in [3.8, 4) is 11.3 Å². The van der Waals surface area contributed by atoms with Crippen molar-refractivity contribution in [2.24, 2.45) is 0 Å². The first-order valence-electron chi connectivity index (χ1n) is 4.86. The van der Waals surface area contributed by atoms with Crippen molar-refractivity contribution in [1.29, 1.82) is 0 Å². The summed E-state index contributed by atoms with van der Waals surface area (Å²) in [5.41, 5.74) is -0.312.